The smallest absolute Gasteiger partial charge is 0.234 e. The summed E-state index contributed by atoms with van der Waals surface area (Å²) in [4.78, 5) is 31.7. The van der Waals surface area contributed by atoms with Crippen molar-refractivity contribution in [3.8, 4) is 0 Å². The largest absolute Gasteiger partial charge is 0.369 e. The molecule has 0 radical (unpaired) electrons. The minimum absolute atomic E-state index is 0.0209. The molecule has 5 heteroatoms. The van der Waals surface area contributed by atoms with Gasteiger partial charge in [0.25, 0.3) is 0 Å². The van der Waals surface area contributed by atoms with Crippen LogP contribution in [0.25, 0.3) is 0 Å². The van der Waals surface area contributed by atoms with E-state index in [9.17, 15) is 9.59 Å². The number of benzene rings is 2. The second-order valence-electron chi connectivity index (χ2n) is 8.26. The number of aryl methyl sites for hydroxylation is 1. The topological polar surface area (TPSA) is 43.9 Å². The maximum Gasteiger partial charge on any atom is 0.234 e. The van der Waals surface area contributed by atoms with E-state index in [-0.39, 0.29) is 23.7 Å². The number of rotatable bonds is 5. The number of likely N-dealkylation sites (tertiary alicyclic amines) is 1. The zero-order valence-corrected chi connectivity index (χ0v) is 17.3. The molecule has 2 saturated heterocycles. The van der Waals surface area contributed by atoms with Gasteiger partial charge in [-0.3, -0.25) is 19.4 Å². The molecule has 0 spiro atoms. The highest BCUT2D eigenvalue weighted by atomic mass is 16.2. The summed E-state index contributed by atoms with van der Waals surface area (Å²) in [6, 6.07) is 18.6. The first-order valence-electron chi connectivity index (χ1n) is 10.5. The van der Waals surface area contributed by atoms with Crippen LogP contribution in [0.4, 0.5) is 5.69 Å². The lowest BCUT2D eigenvalue weighted by atomic mass is 9.86. The van der Waals surface area contributed by atoms with Gasteiger partial charge in [0, 0.05) is 38.3 Å². The summed E-state index contributed by atoms with van der Waals surface area (Å²) < 4.78 is 0. The Hall–Kier alpha value is -2.66. The van der Waals surface area contributed by atoms with Gasteiger partial charge in [-0.2, -0.15) is 0 Å². The van der Waals surface area contributed by atoms with Gasteiger partial charge in [0.05, 0.1) is 12.6 Å². The van der Waals surface area contributed by atoms with Gasteiger partial charge in [-0.05, 0) is 36.1 Å². The second-order valence-corrected chi connectivity index (χ2v) is 8.26. The minimum Gasteiger partial charge on any atom is -0.369 e. The number of carbonyl (C=O) groups is 2. The zero-order valence-electron chi connectivity index (χ0n) is 17.3. The molecule has 2 atom stereocenters. The summed E-state index contributed by atoms with van der Waals surface area (Å²) in [6.45, 7) is 8.09. The van der Waals surface area contributed by atoms with Crippen molar-refractivity contribution in [2.75, 3.05) is 37.7 Å². The predicted molar refractivity (Wildman–Crippen MR) is 115 cm³/mol. The molecule has 2 aliphatic heterocycles. The number of piperazine rings is 1. The molecule has 0 aliphatic carbocycles. The van der Waals surface area contributed by atoms with Gasteiger partial charge in [-0.25, -0.2) is 0 Å². The predicted octanol–water partition coefficient (Wildman–Crippen LogP) is 3.25. The lowest BCUT2D eigenvalue weighted by molar-refractivity contribution is -0.142. The Labute approximate surface area is 172 Å². The van der Waals surface area contributed by atoms with Gasteiger partial charge < -0.3 is 4.90 Å². The molecule has 29 heavy (non-hydrogen) atoms. The van der Waals surface area contributed by atoms with Gasteiger partial charge in [-0.1, -0.05) is 49.4 Å². The fourth-order valence-corrected chi connectivity index (χ4v) is 4.41. The summed E-state index contributed by atoms with van der Waals surface area (Å²) in [5.41, 5.74) is 3.62. The van der Waals surface area contributed by atoms with Crippen molar-refractivity contribution in [3.05, 3.63) is 65.7 Å². The van der Waals surface area contributed by atoms with E-state index < -0.39 is 0 Å². The second kappa shape index (κ2) is 8.37. The Kier molecular flexibility index (Phi) is 5.67. The average Bonchev–Trinajstić information content (AvgIpc) is 3.02. The van der Waals surface area contributed by atoms with Crippen LogP contribution in [0.5, 0.6) is 0 Å². The Morgan fingerprint density at radius 2 is 1.69 bits per heavy atom. The summed E-state index contributed by atoms with van der Waals surface area (Å²) in [7, 11) is 0. The van der Waals surface area contributed by atoms with Gasteiger partial charge in [0.1, 0.15) is 0 Å². The molecule has 0 bridgehead atoms. The molecule has 0 aromatic heterocycles. The monoisotopic (exact) mass is 391 g/mol. The molecule has 0 N–H and O–H groups in total. The molecule has 2 aromatic carbocycles. The van der Waals surface area contributed by atoms with Gasteiger partial charge >= 0.3 is 0 Å². The quantitative estimate of drug-likeness (QED) is 0.734. The van der Waals surface area contributed by atoms with E-state index in [4.69, 9.17) is 0 Å². The normalized spacial score (nSPS) is 21.7. The van der Waals surface area contributed by atoms with Crippen molar-refractivity contribution >= 4 is 17.5 Å². The van der Waals surface area contributed by atoms with Crippen LogP contribution in [-0.2, 0) is 9.59 Å². The number of nitrogens with zero attached hydrogens (tertiary/aromatic N) is 3. The number of hydrogen-bond donors (Lipinski definition) is 0. The van der Waals surface area contributed by atoms with E-state index in [1.54, 1.807) is 0 Å². The van der Waals surface area contributed by atoms with Crippen molar-refractivity contribution < 1.29 is 9.59 Å². The Morgan fingerprint density at radius 1 is 0.966 bits per heavy atom. The maximum atomic E-state index is 13.0. The Morgan fingerprint density at radius 3 is 2.38 bits per heavy atom. The highest BCUT2D eigenvalue weighted by Gasteiger charge is 2.42. The van der Waals surface area contributed by atoms with Crippen LogP contribution in [0, 0.1) is 12.8 Å². The van der Waals surface area contributed by atoms with E-state index >= 15 is 0 Å². The highest BCUT2D eigenvalue weighted by molar-refractivity contribution is 6.03. The Bertz CT molecular complexity index is 875. The van der Waals surface area contributed by atoms with Crippen molar-refractivity contribution in [1.29, 1.82) is 0 Å². The van der Waals surface area contributed by atoms with Gasteiger partial charge in [-0.15, -0.1) is 0 Å². The minimum atomic E-state index is -0.251. The first kappa shape index (κ1) is 19.6. The Balaban J connectivity index is 1.35. The first-order chi connectivity index (χ1) is 14.0. The first-order valence-corrected chi connectivity index (χ1v) is 10.5. The molecule has 4 rings (SSSR count). The number of amides is 2. The van der Waals surface area contributed by atoms with Crippen LogP contribution >= 0.6 is 0 Å². The van der Waals surface area contributed by atoms with Crippen LogP contribution in [0.2, 0.25) is 0 Å². The number of imide groups is 1. The lowest BCUT2D eigenvalue weighted by Gasteiger charge is -2.37. The van der Waals surface area contributed by atoms with Crippen molar-refractivity contribution in [3.63, 3.8) is 0 Å². The van der Waals surface area contributed by atoms with E-state index in [1.807, 2.05) is 30.3 Å². The van der Waals surface area contributed by atoms with Crippen LogP contribution in [0.15, 0.2) is 54.6 Å². The third-order valence-electron chi connectivity index (χ3n) is 6.29. The number of anilines is 1. The third kappa shape index (κ3) is 4.20. The molecule has 2 fully saturated rings. The molecule has 2 amide bonds. The average molecular weight is 392 g/mol. The van der Waals surface area contributed by atoms with E-state index in [2.05, 4.69) is 47.9 Å². The molecule has 2 aliphatic rings. The van der Waals surface area contributed by atoms with Crippen molar-refractivity contribution in [1.82, 2.24) is 9.80 Å². The standard InChI is InChI=1S/C24H29N3O2/c1-18-7-6-10-21(15-18)26-13-11-25(12-14-26)17-27-23(28)16-22(24(27)29)19(2)20-8-4-3-5-9-20/h3-10,15,19,22H,11-14,16-17H2,1-2H3. The lowest BCUT2D eigenvalue weighted by Crippen LogP contribution is -2.51. The van der Waals surface area contributed by atoms with E-state index in [0.29, 0.717) is 13.1 Å². The molecular formula is C24H29N3O2. The summed E-state index contributed by atoms with van der Waals surface area (Å²) in [6.07, 6.45) is 0.318. The van der Waals surface area contributed by atoms with Crippen molar-refractivity contribution in [2.45, 2.75) is 26.2 Å². The zero-order chi connectivity index (χ0) is 20.4. The molecule has 0 saturated carbocycles. The fraction of sp³-hybridized carbons (Fsp3) is 0.417. The molecule has 2 unspecified atom stereocenters. The SMILES string of the molecule is Cc1cccc(N2CCN(CN3C(=O)CC(C(C)c4ccccc4)C3=O)CC2)c1. The molecule has 5 nitrogen and oxygen atoms in total. The summed E-state index contributed by atoms with van der Waals surface area (Å²) in [5.74, 6) is -0.259. The van der Waals surface area contributed by atoms with Crippen LogP contribution in [0.1, 0.15) is 30.4 Å². The molecule has 152 valence electrons. The fourth-order valence-electron chi connectivity index (χ4n) is 4.41. The van der Waals surface area contributed by atoms with Crippen LogP contribution in [-0.4, -0.2) is 54.5 Å². The van der Waals surface area contributed by atoms with E-state index in [1.165, 1.54) is 16.2 Å². The summed E-state index contributed by atoms with van der Waals surface area (Å²) >= 11 is 0. The van der Waals surface area contributed by atoms with E-state index in [0.717, 1.165) is 31.7 Å². The number of carbonyl (C=O) groups excluding carboxylic acids is 2. The van der Waals surface area contributed by atoms with Crippen LogP contribution < -0.4 is 4.90 Å². The summed E-state index contributed by atoms with van der Waals surface area (Å²) in [5, 5.41) is 0. The van der Waals surface area contributed by atoms with Crippen molar-refractivity contribution in [2.24, 2.45) is 5.92 Å². The van der Waals surface area contributed by atoms with Gasteiger partial charge in [0.2, 0.25) is 11.8 Å². The molecular weight excluding hydrogens is 362 g/mol. The number of hydrogen-bond acceptors (Lipinski definition) is 4. The maximum absolute atomic E-state index is 13.0. The third-order valence-corrected chi connectivity index (χ3v) is 6.29. The van der Waals surface area contributed by atoms with Gasteiger partial charge in [0.15, 0.2) is 0 Å². The molecule has 2 aromatic rings. The highest BCUT2D eigenvalue weighted by Crippen LogP contribution is 2.33. The van der Waals surface area contributed by atoms with Crippen LogP contribution in [0.3, 0.4) is 0 Å². The molecule has 2 heterocycles.